The Morgan fingerprint density at radius 3 is 2.39 bits per heavy atom. The molecule has 3 aromatic rings. The molecule has 1 atom stereocenters. The molecule has 0 radical (unpaired) electrons. The summed E-state index contributed by atoms with van der Waals surface area (Å²) >= 11 is 0. The van der Waals surface area contributed by atoms with E-state index in [0.29, 0.717) is 22.7 Å². The van der Waals surface area contributed by atoms with Crippen molar-refractivity contribution in [2.45, 2.75) is 32.4 Å². The van der Waals surface area contributed by atoms with Crippen LogP contribution >= 0.6 is 0 Å². The molecule has 0 amide bonds. The average molecular weight is 379 g/mol. The third kappa shape index (κ3) is 4.32. The summed E-state index contributed by atoms with van der Waals surface area (Å²) in [6.45, 7) is 4.17. The summed E-state index contributed by atoms with van der Waals surface area (Å²) in [6, 6.07) is 16.5. The highest BCUT2D eigenvalue weighted by molar-refractivity contribution is 5.61. The van der Waals surface area contributed by atoms with Crippen LogP contribution in [0.2, 0.25) is 0 Å². The van der Waals surface area contributed by atoms with Gasteiger partial charge in [0, 0.05) is 23.8 Å². The summed E-state index contributed by atoms with van der Waals surface area (Å²) in [4.78, 5) is 22.7. The van der Waals surface area contributed by atoms with Gasteiger partial charge in [0.1, 0.15) is 0 Å². The van der Waals surface area contributed by atoms with Crippen molar-refractivity contribution in [1.29, 1.82) is 0 Å². The Labute approximate surface area is 162 Å². The molecule has 0 aliphatic carbocycles. The first-order valence-electron chi connectivity index (χ1n) is 8.96. The van der Waals surface area contributed by atoms with E-state index in [-0.39, 0.29) is 17.8 Å². The van der Waals surface area contributed by atoms with Crippen LogP contribution in [0.15, 0.2) is 65.5 Å². The highest BCUT2D eigenvalue weighted by atomic mass is 16.6. The number of aromatic nitrogens is 2. The molecule has 2 aromatic carbocycles. The van der Waals surface area contributed by atoms with Gasteiger partial charge in [-0.15, -0.1) is 0 Å². The Bertz CT molecular complexity index is 1040. The van der Waals surface area contributed by atoms with Crippen molar-refractivity contribution in [2.75, 3.05) is 0 Å². The Morgan fingerprint density at radius 2 is 1.75 bits per heavy atom. The second-order valence-corrected chi connectivity index (χ2v) is 6.88. The van der Waals surface area contributed by atoms with Gasteiger partial charge in [-0.05, 0) is 23.1 Å². The van der Waals surface area contributed by atoms with Crippen LogP contribution in [0, 0.1) is 10.1 Å². The summed E-state index contributed by atoms with van der Waals surface area (Å²) in [5.41, 5.74) is 2.40. The number of nitrogens with zero attached hydrogens (tertiary/aromatic N) is 3. The fourth-order valence-electron chi connectivity index (χ4n) is 2.88. The van der Waals surface area contributed by atoms with E-state index in [1.54, 1.807) is 12.1 Å². The molecule has 1 heterocycles. The maximum Gasteiger partial charge on any atom is 0.270 e. The Hall–Kier alpha value is -3.32. The SMILES string of the molecule is CC(C)c1ccc([C@@H](O)Cn2nc(-c3cccc([N+](=O)[O-])c3)ccc2=O)cc1. The van der Waals surface area contributed by atoms with Gasteiger partial charge in [-0.25, -0.2) is 4.68 Å². The van der Waals surface area contributed by atoms with Gasteiger partial charge in [-0.3, -0.25) is 14.9 Å². The molecular weight excluding hydrogens is 358 g/mol. The van der Waals surface area contributed by atoms with Crippen molar-refractivity contribution in [2.24, 2.45) is 0 Å². The average Bonchev–Trinajstić information content (AvgIpc) is 2.69. The fourth-order valence-corrected chi connectivity index (χ4v) is 2.88. The van der Waals surface area contributed by atoms with Crippen LogP contribution in [-0.2, 0) is 6.54 Å². The van der Waals surface area contributed by atoms with Gasteiger partial charge in [-0.2, -0.15) is 5.10 Å². The van der Waals surface area contributed by atoms with E-state index >= 15 is 0 Å². The highest BCUT2D eigenvalue weighted by Gasteiger charge is 2.13. The largest absolute Gasteiger partial charge is 0.386 e. The van der Waals surface area contributed by atoms with Gasteiger partial charge in [0.15, 0.2) is 0 Å². The monoisotopic (exact) mass is 379 g/mol. The van der Waals surface area contributed by atoms with Crippen molar-refractivity contribution in [3.8, 4) is 11.3 Å². The highest BCUT2D eigenvalue weighted by Crippen LogP contribution is 2.22. The van der Waals surface area contributed by atoms with Crippen molar-refractivity contribution in [1.82, 2.24) is 9.78 Å². The number of hydrogen-bond donors (Lipinski definition) is 1. The number of nitro groups is 1. The molecule has 0 aliphatic rings. The predicted octanol–water partition coefficient (Wildman–Crippen LogP) is 3.68. The lowest BCUT2D eigenvalue weighted by atomic mass is 10.00. The molecule has 0 saturated heterocycles. The van der Waals surface area contributed by atoms with Crippen LogP contribution < -0.4 is 5.56 Å². The van der Waals surface area contributed by atoms with E-state index in [1.165, 1.54) is 34.5 Å². The first-order valence-corrected chi connectivity index (χ1v) is 8.96. The topological polar surface area (TPSA) is 98.3 Å². The maximum absolute atomic E-state index is 12.2. The molecule has 1 N–H and O–H groups in total. The summed E-state index contributed by atoms with van der Waals surface area (Å²) in [5.74, 6) is 0.391. The number of benzene rings is 2. The van der Waals surface area contributed by atoms with Gasteiger partial charge in [0.05, 0.1) is 23.3 Å². The van der Waals surface area contributed by atoms with Gasteiger partial charge in [-0.1, -0.05) is 50.2 Å². The summed E-state index contributed by atoms with van der Waals surface area (Å²) in [6.07, 6.45) is -0.897. The molecule has 0 unspecified atom stereocenters. The molecule has 1 aromatic heterocycles. The van der Waals surface area contributed by atoms with Crippen molar-refractivity contribution >= 4 is 5.69 Å². The second kappa shape index (κ2) is 8.14. The van der Waals surface area contributed by atoms with Crippen molar-refractivity contribution in [3.63, 3.8) is 0 Å². The van der Waals surface area contributed by atoms with Crippen molar-refractivity contribution in [3.05, 3.63) is 92.3 Å². The fraction of sp³-hybridized carbons (Fsp3) is 0.238. The van der Waals surface area contributed by atoms with E-state index < -0.39 is 11.0 Å². The first kappa shape index (κ1) is 19.4. The van der Waals surface area contributed by atoms with Crippen LogP contribution in [-0.4, -0.2) is 19.8 Å². The number of nitro benzene ring substituents is 1. The minimum absolute atomic E-state index is 0.0113. The summed E-state index contributed by atoms with van der Waals surface area (Å²) in [7, 11) is 0. The van der Waals surface area contributed by atoms with Gasteiger partial charge >= 0.3 is 0 Å². The smallest absolute Gasteiger partial charge is 0.270 e. The third-order valence-corrected chi connectivity index (χ3v) is 4.55. The Balaban J connectivity index is 1.86. The van der Waals surface area contributed by atoms with Crippen LogP contribution in [0.3, 0.4) is 0 Å². The molecular formula is C21H21N3O4. The Kier molecular flexibility index (Phi) is 5.65. The maximum atomic E-state index is 12.2. The lowest BCUT2D eigenvalue weighted by Crippen LogP contribution is -2.25. The zero-order valence-electron chi connectivity index (χ0n) is 15.6. The first-order chi connectivity index (χ1) is 13.3. The Morgan fingerprint density at radius 1 is 1.07 bits per heavy atom. The van der Waals surface area contributed by atoms with Crippen molar-refractivity contribution < 1.29 is 10.0 Å². The molecule has 0 spiro atoms. The molecule has 0 bridgehead atoms. The van der Waals surface area contributed by atoms with Crippen LogP contribution in [0.5, 0.6) is 0 Å². The molecule has 0 saturated carbocycles. The number of hydrogen-bond acceptors (Lipinski definition) is 5. The van der Waals surface area contributed by atoms with E-state index in [9.17, 15) is 20.0 Å². The molecule has 0 aliphatic heterocycles. The molecule has 28 heavy (non-hydrogen) atoms. The summed E-state index contributed by atoms with van der Waals surface area (Å²) in [5, 5.41) is 25.8. The molecule has 0 fully saturated rings. The standard InChI is InChI=1S/C21H21N3O4/c1-14(2)15-6-8-16(9-7-15)20(25)13-23-21(26)11-10-19(22-23)17-4-3-5-18(12-17)24(27)28/h3-12,14,20,25H,13H2,1-2H3/t20-/m0/s1. The minimum Gasteiger partial charge on any atom is -0.386 e. The van der Waals surface area contributed by atoms with E-state index in [1.807, 2.05) is 24.3 Å². The van der Waals surface area contributed by atoms with Gasteiger partial charge in [0.25, 0.3) is 11.2 Å². The van der Waals surface area contributed by atoms with E-state index in [0.717, 1.165) is 0 Å². The lowest BCUT2D eigenvalue weighted by Gasteiger charge is -2.14. The van der Waals surface area contributed by atoms with Gasteiger partial charge in [0.2, 0.25) is 0 Å². The molecule has 7 heteroatoms. The van der Waals surface area contributed by atoms with Gasteiger partial charge < -0.3 is 5.11 Å². The van der Waals surface area contributed by atoms with Crippen LogP contribution in [0.25, 0.3) is 11.3 Å². The van der Waals surface area contributed by atoms with E-state index in [4.69, 9.17) is 0 Å². The predicted molar refractivity (Wildman–Crippen MR) is 106 cm³/mol. The molecule has 7 nitrogen and oxygen atoms in total. The zero-order valence-corrected chi connectivity index (χ0v) is 15.6. The van der Waals surface area contributed by atoms with Crippen LogP contribution in [0.1, 0.15) is 37.0 Å². The lowest BCUT2D eigenvalue weighted by molar-refractivity contribution is -0.384. The zero-order chi connectivity index (χ0) is 20.3. The third-order valence-electron chi connectivity index (χ3n) is 4.55. The number of rotatable bonds is 6. The normalized spacial score (nSPS) is 12.1. The second-order valence-electron chi connectivity index (χ2n) is 6.88. The minimum atomic E-state index is -0.897. The summed E-state index contributed by atoms with van der Waals surface area (Å²) < 4.78 is 1.18. The molecule has 3 rings (SSSR count). The van der Waals surface area contributed by atoms with E-state index in [2.05, 4.69) is 18.9 Å². The number of non-ortho nitro benzene ring substituents is 1. The van der Waals surface area contributed by atoms with Crippen LogP contribution in [0.4, 0.5) is 5.69 Å². The quantitative estimate of drug-likeness (QED) is 0.520. The number of aliphatic hydroxyl groups is 1. The number of aliphatic hydroxyl groups excluding tert-OH is 1. The molecule has 144 valence electrons.